The van der Waals surface area contributed by atoms with Crippen LogP contribution in [0.2, 0.25) is 0 Å². The van der Waals surface area contributed by atoms with Gasteiger partial charge in [-0.2, -0.15) is 0 Å². The van der Waals surface area contributed by atoms with Crippen molar-refractivity contribution in [1.82, 2.24) is 15.3 Å². The Bertz CT molecular complexity index is 475. The first kappa shape index (κ1) is 12.4. The number of hydrogen-bond acceptors (Lipinski definition) is 4. The molecule has 1 aromatic heterocycles. The largest absolute Gasteiger partial charge is 0.497 e. The lowest BCUT2D eigenvalue weighted by atomic mass is 10.1. The predicted molar refractivity (Wildman–Crippen MR) is 69.0 cm³/mol. The van der Waals surface area contributed by atoms with Crippen LogP contribution in [0.4, 0.5) is 0 Å². The van der Waals surface area contributed by atoms with E-state index >= 15 is 0 Å². The Morgan fingerprint density at radius 1 is 1.17 bits per heavy atom. The van der Waals surface area contributed by atoms with Crippen molar-refractivity contribution >= 4 is 0 Å². The molecule has 0 bridgehead atoms. The Hall–Kier alpha value is -2.01. The van der Waals surface area contributed by atoms with Crippen LogP contribution in [0.1, 0.15) is 17.4 Å². The first-order valence-electron chi connectivity index (χ1n) is 5.68. The second-order valence-corrected chi connectivity index (χ2v) is 3.84. The van der Waals surface area contributed by atoms with E-state index in [1.165, 1.54) is 0 Å². The van der Waals surface area contributed by atoms with Gasteiger partial charge in [0.25, 0.3) is 0 Å². The van der Waals surface area contributed by atoms with Crippen molar-refractivity contribution in [3.05, 3.63) is 42.0 Å². The van der Waals surface area contributed by atoms with Crippen LogP contribution in [0.15, 0.2) is 30.6 Å². The lowest BCUT2D eigenvalue weighted by molar-refractivity contribution is 0.392. The van der Waals surface area contributed by atoms with E-state index < -0.39 is 0 Å². The molecule has 0 aliphatic heterocycles. The molecule has 0 aliphatic rings. The van der Waals surface area contributed by atoms with Crippen molar-refractivity contribution < 1.29 is 9.47 Å². The number of nitrogens with one attached hydrogen (secondary N) is 2. The third-order valence-electron chi connectivity index (χ3n) is 2.79. The van der Waals surface area contributed by atoms with Gasteiger partial charge < -0.3 is 19.8 Å². The number of aromatic amines is 1. The summed E-state index contributed by atoms with van der Waals surface area (Å²) in [6.45, 7) is 0. The second kappa shape index (κ2) is 5.55. The van der Waals surface area contributed by atoms with E-state index in [0.29, 0.717) is 0 Å². The number of ether oxygens (including phenoxy) is 2. The quantitative estimate of drug-likeness (QED) is 0.845. The van der Waals surface area contributed by atoms with Crippen LogP contribution in [0.3, 0.4) is 0 Å². The Morgan fingerprint density at radius 2 is 1.83 bits per heavy atom. The van der Waals surface area contributed by atoms with Crippen molar-refractivity contribution in [2.24, 2.45) is 0 Å². The Labute approximate surface area is 106 Å². The molecule has 0 amide bonds. The van der Waals surface area contributed by atoms with Gasteiger partial charge in [-0.1, -0.05) is 0 Å². The molecule has 1 aromatic carbocycles. The third kappa shape index (κ3) is 2.46. The zero-order valence-corrected chi connectivity index (χ0v) is 10.7. The molecule has 5 nitrogen and oxygen atoms in total. The van der Waals surface area contributed by atoms with Crippen LogP contribution >= 0.6 is 0 Å². The molecule has 0 radical (unpaired) electrons. The molecule has 0 spiro atoms. The van der Waals surface area contributed by atoms with Gasteiger partial charge >= 0.3 is 0 Å². The molecule has 0 aliphatic carbocycles. The lowest BCUT2D eigenvalue weighted by Crippen LogP contribution is -2.19. The summed E-state index contributed by atoms with van der Waals surface area (Å²) < 4.78 is 10.5. The molecule has 0 fully saturated rings. The number of hydrogen-bond donors (Lipinski definition) is 2. The lowest BCUT2D eigenvalue weighted by Gasteiger charge is -2.16. The van der Waals surface area contributed by atoms with Gasteiger partial charge in [-0.15, -0.1) is 0 Å². The number of rotatable bonds is 5. The SMILES string of the molecule is CNC(c1cc(OC)cc(OC)c1)c1ncc[nH]1. The molecule has 2 rings (SSSR count). The minimum absolute atomic E-state index is 0.0241. The van der Waals surface area contributed by atoms with Gasteiger partial charge in [0, 0.05) is 18.5 Å². The van der Waals surface area contributed by atoms with Gasteiger partial charge in [-0.05, 0) is 24.7 Å². The Kier molecular flexibility index (Phi) is 3.84. The first-order chi connectivity index (χ1) is 8.78. The number of benzene rings is 1. The first-order valence-corrected chi connectivity index (χ1v) is 5.68. The van der Waals surface area contributed by atoms with E-state index in [2.05, 4.69) is 15.3 Å². The number of aromatic nitrogens is 2. The van der Waals surface area contributed by atoms with Crippen LogP contribution in [0.25, 0.3) is 0 Å². The summed E-state index contributed by atoms with van der Waals surface area (Å²) >= 11 is 0. The highest BCUT2D eigenvalue weighted by Gasteiger charge is 2.16. The van der Waals surface area contributed by atoms with Crippen LogP contribution in [-0.4, -0.2) is 31.2 Å². The fourth-order valence-electron chi connectivity index (χ4n) is 1.89. The number of methoxy groups -OCH3 is 2. The van der Waals surface area contributed by atoms with Crippen molar-refractivity contribution in [2.45, 2.75) is 6.04 Å². The van der Waals surface area contributed by atoms with Gasteiger partial charge in [0.05, 0.1) is 20.3 Å². The maximum Gasteiger partial charge on any atom is 0.127 e. The minimum Gasteiger partial charge on any atom is -0.497 e. The highest BCUT2D eigenvalue weighted by Crippen LogP contribution is 2.28. The minimum atomic E-state index is -0.0241. The van der Waals surface area contributed by atoms with E-state index in [1.807, 2.05) is 25.2 Å². The van der Waals surface area contributed by atoms with Gasteiger partial charge in [-0.25, -0.2) is 4.98 Å². The summed E-state index contributed by atoms with van der Waals surface area (Å²) in [6, 6.07) is 5.75. The molecule has 2 N–H and O–H groups in total. The molecule has 0 saturated heterocycles. The maximum atomic E-state index is 5.27. The van der Waals surface area contributed by atoms with E-state index in [-0.39, 0.29) is 6.04 Å². The average molecular weight is 247 g/mol. The smallest absolute Gasteiger partial charge is 0.127 e. The summed E-state index contributed by atoms with van der Waals surface area (Å²) in [4.78, 5) is 7.38. The molecular weight excluding hydrogens is 230 g/mol. The zero-order chi connectivity index (χ0) is 13.0. The van der Waals surface area contributed by atoms with Crippen LogP contribution < -0.4 is 14.8 Å². The number of nitrogens with zero attached hydrogens (tertiary/aromatic N) is 1. The van der Waals surface area contributed by atoms with Crippen molar-refractivity contribution in [1.29, 1.82) is 0 Å². The van der Waals surface area contributed by atoms with Crippen LogP contribution in [0, 0.1) is 0 Å². The highest BCUT2D eigenvalue weighted by atomic mass is 16.5. The summed E-state index contributed by atoms with van der Waals surface area (Å²) in [7, 11) is 5.17. The van der Waals surface area contributed by atoms with E-state index in [4.69, 9.17) is 9.47 Å². The van der Waals surface area contributed by atoms with Gasteiger partial charge in [0.15, 0.2) is 0 Å². The molecule has 18 heavy (non-hydrogen) atoms. The second-order valence-electron chi connectivity index (χ2n) is 3.84. The molecule has 1 atom stereocenters. The summed E-state index contributed by atoms with van der Waals surface area (Å²) in [5.41, 5.74) is 1.03. The molecule has 96 valence electrons. The fraction of sp³-hybridized carbons (Fsp3) is 0.308. The van der Waals surface area contributed by atoms with Crippen molar-refractivity contribution in [3.8, 4) is 11.5 Å². The van der Waals surface area contributed by atoms with Crippen LogP contribution in [-0.2, 0) is 0 Å². The molecule has 0 saturated carbocycles. The summed E-state index contributed by atoms with van der Waals surface area (Å²) in [5, 5.41) is 3.22. The Morgan fingerprint density at radius 3 is 2.28 bits per heavy atom. The van der Waals surface area contributed by atoms with Gasteiger partial charge in [0.1, 0.15) is 17.3 Å². The van der Waals surface area contributed by atoms with Crippen molar-refractivity contribution in [2.75, 3.05) is 21.3 Å². The maximum absolute atomic E-state index is 5.27. The molecule has 1 heterocycles. The van der Waals surface area contributed by atoms with E-state index in [1.54, 1.807) is 26.6 Å². The predicted octanol–water partition coefficient (Wildman–Crippen LogP) is 1.74. The monoisotopic (exact) mass is 247 g/mol. The van der Waals surface area contributed by atoms with Gasteiger partial charge in [-0.3, -0.25) is 0 Å². The fourth-order valence-corrected chi connectivity index (χ4v) is 1.89. The topological polar surface area (TPSA) is 59.2 Å². The Balaban J connectivity index is 2.41. The van der Waals surface area contributed by atoms with Crippen LogP contribution in [0.5, 0.6) is 11.5 Å². The summed E-state index contributed by atoms with van der Waals surface area (Å²) in [5.74, 6) is 2.38. The highest BCUT2D eigenvalue weighted by molar-refractivity contribution is 5.41. The number of H-pyrrole nitrogens is 1. The third-order valence-corrected chi connectivity index (χ3v) is 2.79. The molecular formula is C13H17N3O2. The molecule has 1 unspecified atom stereocenters. The van der Waals surface area contributed by atoms with Crippen molar-refractivity contribution in [3.63, 3.8) is 0 Å². The summed E-state index contributed by atoms with van der Waals surface area (Å²) in [6.07, 6.45) is 3.54. The number of imidazole rings is 1. The van der Waals surface area contributed by atoms with E-state index in [0.717, 1.165) is 22.9 Å². The van der Waals surface area contributed by atoms with Gasteiger partial charge in [0.2, 0.25) is 0 Å². The normalized spacial score (nSPS) is 12.2. The standard InChI is InChI=1S/C13H17N3O2/c1-14-12(13-15-4-5-16-13)9-6-10(17-2)8-11(7-9)18-3/h4-8,12,14H,1-3H3,(H,15,16). The molecule has 5 heteroatoms. The zero-order valence-electron chi connectivity index (χ0n) is 10.7. The van der Waals surface area contributed by atoms with E-state index in [9.17, 15) is 0 Å². The average Bonchev–Trinajstić information content (AvgIpc) is 2.93. The molecule has 2 aromatic rings.